The van der Waals surface area contributed by atoms with Crippen molar-refractivity contribution in [3.63, 3.8) is 0 Å². The van der Waals surface area contributed by atoms with Gasteiger partial charge >= 0.3 is 0 Å². The number of hydrogen-bond acceptors (Lipinski definition) is 3. The van der Waals surface area contributed by atoms with Crippen LogP contribution in [0.3, 0.4) is 0 Å². The standard InChI is InChI=1S/C18H29NO2/c1-17(2)8-10-18(13-19,11-9-17)16(20)15-6-4-14(5-7-15)12-21-3/h4-7,16,20H,8-13,19H2,1-3H3. The van der Waals surface area contributed by atoms with E-state index in [1.165, 1.54) is 0 Å². The summed E-state index contributed by atoms with van der Waals surface area (Å²) >= 11 is 0. The summed E-state index contributed by atoms with van der Waals surface area (Å²) in [6.07, 6.45) is 3.77. The van der Waals surface area contributed by atoms with Gasteiger partial charge in [-0.25, -0.2) is 0 Å². The lowest BCUT2D eigenvalue weighted by atomic mass is 9.62. The predicted octanol–water partition coefficient (Wildman–Crippen LogP) is 3.41. The van der Waals surface area contributed by atoms with Crippen LogP contribution in [0.15, 0.2) is 24.3 Å². The van der Waals surface area contributed by atoms with Gasteiger partial charge in [0.05, 0.1) is 12.7 Å². The number of aliphatic hydroxyl groups is 1. The van der Waals surface area contributed by atoms with Crippen LogP contribution in [0.1, 0.15) is 56.8 Å². The average Bonchev–Trinajstić information content (AvgIpc) is 2.48. The molecule has 2 rings (SSSR count). The van der Waals surface area contributed by atoms with Crippen molar-refractivity contribution in [2.75, 3.05) is 13.7 Å². The molecule has 0 saturated heterocycles. The Kier molecular flexibility index (Phi) is 5.07. The Morgan fingerprint density at radius 2 is 1.71 bits per heavy atom. The number of nitrogens with two attached hydrogens (primary N) is 1. The van der Waals surface area contributed by atoms with Crippen molar-refractivity contribution in [3.8, 4) is 0 Å². The zero-order valence-corrected chi connectivity index (χ0v) is 13.6. The van der Waals surface area contributed by atoms with Crippen molar-refractivity contribution in [1.29, 1.82) is 0 Å². The molecule has 0 aromatic heterocycles. The van der Waals surface area contributed by atoms with Gasteiger partial charge in [-0.2, -0.15) is 0 Å². The first kappa shape index (κ1) is 16.5. The van der Waals surface area contributed by atoms with Gasteiger partial charge in [-0.3, -0.25) is 0 Å². The smallest absolute Gasteiger partial charge is 0.0858 e. The van der Waals surface area contributed by atoms with Crippen LogP contribution in [0.25, 0.3) is 0 Å². The fourth-order valence-electron chi connectivity index (χ4n) is 3.33. The Balaban J connectivity index is 2.14. The van der Waals surface area contributed by atoms with Gasteiger partial charge in [0, 0.05) is 19.1 Å². The van der Waals surface area contributed by atoms with Gasteiger partial charge in [0.1, 0.15) is 0 Å². The first-order valence-corrected chi connectivity index (χ1v) is 7.88. The summed E-state index contributed by atoms with van der Waals surface area (Å²) in [6, 6.07) is 8.07. The van der Waals surface area contributed by atoms with Crippen LogP contribution < -0.4 is 5.73 Å². The van der Waals surface area contributed by atoms with E-state index in [-0.39, 0.29) is 5.41 Å². The van der Waals surface area contributed by atoms with E-state index in [2.05, 4.69) is 13.8 Å². The molecule has 0 aliphatic heterocycles. The first-order chi connectivity index (χ1) is 9.92. The van der Waals surface area contributed by atoms with Crippen LogP contribution in [0, 0.1) is 10.8 Å². The minimum Gasteiger partial charge on any atom is -0.388 e. The molecule has 1 aromatic carbocycles. The average molecular weight is 291 g/mol. The maximum absolute atomic E-state index is 10.9. The fraction of sp³-hybridized carbons (Fsp3) is 0.667. The zero-order chi connectivity index (χ0) is 15.5. The largest absolute Gasteiger partial charge is 0.388 e. The molecule has 118 valence electrons. The van der Waals surface area contributed by atoms with Gasteiger partial charge in [0.15, 0.2) is 0 Å². The Hall–Kier alpha value is -0.900. The fourth-order valence-corrected chi connectivity index (χ4v) is 3.33. The number of methoxy groups -OCH3 is 1. The second kappa shape index (κ2) is 6.47. The van der Waals surface area contributed by atoms with E-state index in [9.17, 15) is 5.11 Å². The molecule has 1 aromatic rings. The molecule has 1 atom stereocenters. The van der Waals surface area contributed by atoms with E-state index in [0.29, 0.717) is 18.6 Å². The summed E-state index contributed by atoms with van der Waals surface area (Å²) in [5, 5.41) is 10.9. The SMILES string of the molecule is COCc1ccc(C(O)C2(CN)CCC(C)(C)CC2)cc1. The van der Waals surface area contributed by atoms with Crippen molar-refractivity contribution in [2.24, 2.45) is 16.6 Å². The van der Waals surface area contributed by atoms with E-state index < -0.39 is 6.10 Å². The van der Waals surface area contributed by atoms with Gasteiger partial charge in [-0.05, 0) is 42.2 Å². The van der Waals surface area contributed by atoms with Crippen molar-refractivity contribution < 1.29 is 9.84 Å². The second-order valence-electron chi connectivity index (χ2n) is 7.31. The molecular formula is C18H29NO2. The molecule has 0 heterocycles. The number of aliphatic hydroxyl groups excluding tert-OH is 1. The maximum Gasteiger partial charge on any atom is 0.0858 e. The summed E-state index contributed by atoms with van der Waals surface area (Å²) in [7, 11) is 1.69. The minimum atomic E-state index is -0.477. The van der Waals surface area contributed by atoms with Crippen molar-refractivity contribution in [2.45, 2.75) is 52.2 Å². The first-order valence-electron chi connectivity index (χ1n) is 7.88. The lowest BCUT2D eigenvalue weighted by Crippen LogP contribution is -2.41. The van der Waals surface area contributed by atoms with E-state index in [1.54, 1.807) is 7.11 Å². The lowest BCUT2D eigenvalue weighted by molar-refractivity contribution is -0.0235. The molecule has 3 heteroatoms. The van der Waals surface area contributed by atoms with Crippen LogP contribution >= 0.6 is 0 Å². The molecule has 21 heavy (non-hydrogen) atoms. The third kappa shape index (κ3) is 3.65. The summed E-state index contributed by atoms with van der Waals surface area (Å²) in [4.78, 5) is 0. The minimum absolute atomic E-state index is 0.168. The van der Waals surface area contributed by atoms with Crippen LogP contribution in [0.2, 0.25) is 0 Å². The quantitative estimate of drug-likeness (QED) is 0.874. The van der Waals surface area contributed by atoms with Crippen molar-refractivity contribution in [3.05, 3.63) is 35.4 Å². The molecule has 0 spiro atoms. The predicted molar refractivity (Wildman–Crippen MR) is 85.9 cm³/mol. The van der Waals surface area contributed by atoms with Gasteiger partial charge in [0.25, 0.3) is 0 Å². The van der Waals surface area contributed by atoms with E-state index in [0.717, 1.165) is 36.8 Å². The van der Waals surface area contributed by atoms with Crippen LogP contribution in [-0.2, 0) is 11.3 Å². The Morgan fingerprint density at radius 3 is 2.19 bits per heavy atom. The van der Waals surface area contributed by atoms with E-state index >= 15 is 0 Å². The molecular weight excluding hydrogens is 262 g/mol. The Bertz CT molecular complexity index is 443. The summed E-state index contributed by atoms with van der Waals surface area (Å²) in [5.74, 6) is 0. The van der Waals surface area contributed by atoms with Crippen molar-refractivity contribution in [1.82, 2.24) is 0 Å². The summed E-state index contributed by atoms with van der Waals surface area (Å²) in [6.45, 7) is 5.76. The van der Waals surface area contributed by atoms with Crippen LogP contribution in [-0.4, -0.2) is 18.8 Å². The van der Waals surface area contributed by atoms with E-state index in [1.807, 2.05) is 24.3 Å². The molecule has 3 nitrogen and oxygen atoms in total. The van der Waals surface area contributed by atoms with Crippen LogP contribution in [0.4, 0.5) is 0 Å². The van der Waals surface area contributed by atoms with Gasteiger partial charge in [-0.1, -0.05) is 38.1 Å². The maximum atomic E-state index is 10.9. The Labute approximate surface area is 128 Å². The highest BCUT2D eigenvalue weighted by atomic mass is 16.5. The number of hydrogen-bond donors (Lipinski definition) is 2. The topological polar surface area (TPSA) is 55.5 Å². The second-order valence-corrected chi connectivity index (χ2v) is 7.31. The van der Waals surface area contributed by atoms with Crippen LogP contribution in [0.5, 0.6) is 0 Å². The summed E-state index contributed by atoms with van der Waals surface area (Å²) in [5.41, 5.74) is 8.37. The number of ether oxygens (including phenoxy) is 1. The molecule has 0 radical (unpaired) electrons. The number of benzene rings is 1. The molecule has 1 saturated carbocycles. The lowest BCUT2D eigenvalue weighted by Gasteiger charge is -2.45. The van der Waals surface area contributed by atoms with Gasteiger partial charge in [0.2, 0.25) is 0 Å². The van der Waals surface area contributed by atoms with Crippen molar-refractivity contribution >= 4 is 0 Å². The normalized spacial score (nSPS) is 22.0. The van der Waals surface area contributed by atoms with E-state index in [4.69, 9.17) is 10.5 Å². The monoisotopic (exact) mass is 291 g/mol. The third-order valence-electron chi connectivity index (χ3n) is 5.19. The molecule has 1 fully saturated rings. The highest BCUT2D eigenvalue weighted by molar-refractivity contribution is 5.25. The molecule has 1 aliphatic carbocycles. The molecule has 1 aliphatic rings. The zero-order valence-electron chi connectivity index (χ0n) is 13.6. The van der Waals surface area contributed by atoms with Gasteiger partial charge < -0.3 is 15.6 Å². The van der Waals surface area contributed by atoms with Gasteiger partial charge in [-0.15, -0.1) is 0 Å². The highest BCUT2D eigenvalue weighted by Gasteiger charge is 2.42. The summed E-state index contributed by atoms with van der Waals surface area (Å²) < 4.78 is 5.13. The third-order valence-corrected chi connectivity index (χ3v) is 5.19. The Morgan fingerprint density at radius 1 is 1.14 bits per heavy atom. The highest BCUT2D eigenvalue weighted by Crippen LogP contribution is 2.50. The number of rotatable bonds is 5. The molecule has 0 bridgehead atoms. The molecule has 0 amide bonds. The molecule has 3 N–H and O–H groups in total. The molecule has 1 unspecified atom stereocenters.